The third kappa shape index (κ3) is 2.70. The third-order valence-electron chi connectivity index (χ3n) is 3.83. The molecule has 0 bridgehead atoms. The highest BCUT2D eigenvalue weighted by Crippen LogP contribution is 2.31. The molecule has 2 rings (SSSR count). The van der Waals surface area contributed by atoms with Gasteiger partial charge in [0, 0.05) is 5.92 Å². The SMILES string of the molecule is CC(C(=O)Nc1ccccc1C#N)C1CCCC1. The molecule has 1 N–H and O–H groups in total. The summed E-state index contributed by atoms with van der Waals surface area (Å²) in [7, 11) is 0. The molecule has 3 nitrogen and oxygen atoms in total. The smallest absolute Gasteiger partial charge is 0.227 e. The number of carbonyl (C=O) groups excluding carboxylic acids is 1. The Kier molecular flexibility index (Phi) is 3.99. The summed E-state index contributed by atoms with van der Waals surface area (Å²) < 4.78 is 0. The highest BCUT2D eigenvalue weighted by Gasteiger charge is 2.26. The first-order chi connectivity index (χ1) is 8.72. The van der Waals surface area contributed by atoms with Crippen molar-refractivity contribution in [3.05, 3.63) is 29.8 Å². The largest absolute Gasteiger partial charge is 0.325 e. The number of para-hydroxylation sites is 1. The number of carbonyl (C=O) groups is 1. The van der Waals surface area contributed by atoms with Gasteiger partial charge in [0.05, 0.1) is 11.3 Å². The van der Waals surface area contributed by atoms with Crippen LogP contribution in [0.2, 0.25) is 0 Å². The minimum Gasteiger partial charge on any atom is -0.325 e. The molecule has 0 radical (unpaired) electrons. The van der Waals surface area contributed by atoms with E-state index in [0.29, 0.717) is 17.2 Å². The molecule has 1 fully saturated rings. The van der Waals surface area contributed by atoms with Crippen molar-refractivity contribution in [2.45, 2.75) is 32.6 Å². The van der Waals surface area contributed by atoms with Crippen molar-refractivity contribution in [2.75, 3.05) is 5.32 Å². The summed E-state index contributed by atoms with van der Waals surface area (Å²) in [6.07, 6.45) is 4.76. The summed E-state index contributed by atoms with van der Waals surface area (Å²) in [6.45, 7) is 1.99. The normalized spacial score (nSPS) is 17.1. The summed E-state index contributed by atoms with van der Waals surface area (Å²) in [5.41, 5.74) is 1.14. The monoisotopic (exact) mass is 242 g/mol. The predicted molar refractivity (Wildman–Crippen MR) is 70.9 cm³/mol. The van der Waals surface area contributed by atoms with Crippen LogP contribution in [0.1, 0.15) is 38.2 Å². The number of nitrogens with one attached hydrogen (secondary N) is 1. The van der Waals surface area contributed by atoms with E-state index in [2.05, 4.69) is 11.4 Å². The zero-order chi connectivity index (χ0) is 13.0. The Bertz CT molecular complexity index is 470. The molecule has 1 aromatic rings. The van der Waals surface area contributed by atoms with Crippen molar-refractivity contribution < 1.29 is 4.79 Å². The fourth-order valence-corrected chi connectivity index (χ4v) is 2.61. The Balaban J connectivity index is 2.04. The van der Waals surface area contributed by atoms with E-state index in [1.54, 1.807) is 18.2 Å². The average Bonchev–Trinajstić information content (AvgIpc) is 2.92. The van der Waals surface area contributed by atoms with Crippen molar-refractivity contribution in [1.82, 2.24) is 0 Å². The van der Waals surface area contributed by atoms with Gasteiger partial charge in [-0.15, -0.1) is 0 Å². The van der Waals surface area contributed by atoms with Crippen LogP contribution in [0.5, 0.6) is 0 Å². The van der Waals surface area contributed by atoms with Crippen molar-refractivity contribution in [2.24, 2.45) is 11.8 Å². The molecule has 1 aliphatic carbocycles. The van der Waals surface area contributed by atoms with Gasteiger partial charge < -0.3 is 5.32 Å². The van der Waals surface area contributed by atoms with Gasteiger partial charge in [-0.1, -0.05) is 31.9 Å². The Labute approximate surface area is 108 Å². The van der Waals surface area contributed by atoms with Crippen molar-refractivity contribution in [3.8, 4) is 6.07 Å². The molecular formula is C15H18N2O. The van der Waals surface area contributed by atoms with Crippen molar-refractivity contribution >= 4 is 11.6 Å². The van der Waals surface area contributed by atoms with E-state index < -0.39 is 0 Å². The highest BCUT2D eigenvalue weighted by molar-refractivity contribution is 5.93. The van der Waals surface area contributed by atoms with Gasteiger partial charge >= 0.3 is 0 Å². The summed E-state index contributed by atoms with van der Waals surface area (Å²) in [5, 5.41) is 11.9. The fourth-order valence-electron chi connectivity index (χ4n) is 2.61. The van der Waals surface area contributed by atoms with Gasteiger partial charge in [-0.05, 0) is 30.9 Å². The average molecular weight is 242 g/mol. The number of benzene rings is 1. The van der Waals surface area contributed by atoms with Crippen molar-refractivity contribution in [3.63, 3.8) is 0 Å². The van der Waals surface area contributed by atoms with Gasteiger partial charge in [0.25, 0.3) is 0 Å². The fraction of sp³-hybridized carbons (Fsp3) is 0.467. The number of rotatable bonds is 3. The van der Waals surface area contributed by atoms with E-state index in [1.165, 1.54) is 12.8 Å². The number of amides is 1. The van der Waals surface area contributed by atoms with Gasteiger partial charge in [0.2, 0.25) is 5.91 Å². The molecule has 1 saturated carbocycles. The molecule has 94 valence electrons. The molecular weight excluding hydrogens is 224 g/mol. The molecule has 1 unspecified atom stereocenters. The number of nitrogens with zero attached hydrogens (tertiary/aromatic N) is 1. The quantitative estimate of drug-likeness (QED) is 0.884. The second-order valence-corrected chi connectivity index (χ2v) is 4.98. The van der Waals surface area contributed by atoms with Gasteiger partial charge in [-0.2, -0.15) is 5.26 Å². The molecule has 0 heterocycles. The van der Waals surface area contributed by atoms with Crippen LogP contribution in [0.15, 0.2) is 24.3 Å². The molecule has 0 spiro atoms. The first-order valence-corrected chi connectivity index (χ1v) is 6.52. The number of hydrogen-bond donors (Lipinski definition) is 1. The lowest BCUT2D eigenvalue weighted by atomic mass is 9.92. The minimum atomic E-state index is 0.0271. The lowest BCUT2D eigenvalue weighted by Crippen LogP contribution is -2.26. The van der Waals surface area contributed by atoms with Crippen LogP contribution in [-0.4, -0.2) is 5.91 Å². The van der Waals surface area contributed by atoms with Gasteiger partial charge in [0.15, 0.2) is 0 Å². The third-order valence-corrected chi connectivity index (χ3v) is 3.83. The summed E-state index contributed by atoms with van der Waals surface area (Å²) >= 11 is 0. The van der Waals surface area contributed by atoms with Gasteiger partial charge in [0.1, 0.15) is 6.07 Å². The van der Waals surface area contributed by atoms with E-state index in [-0.39, 0.29) is 11.8 Å². The van der Waals surface area contributed by atoms with Crippen LogP contribution in [0, 0.1) is 23.2 Å². The maximum Gasteiger partial charge on any atom is 0.227 e. The van der Waals surface area contributed by atoms with E-state index in [9.17, 15) is 4.79 Å². The van der Waals surface area contributed by atoms with Gasteiger partial charge in [-0.25, -0.2) is 0 Å². The Hall–Kier alpha value is -1.82. The number of anilines is 1. The Morgan fingerprint density at radius 2 is 2.06 bits per heavy atom. The zero-order valence-electron chi connectivity index (χ0n) is 10.6. The zero-order valence-corrected chi connectivity index (χ0v) is 10.6. The van der Waals surface area contributed by atoms with Crippen LogP contribution in [0.4, 0.5) is 5.69 Å². The first-order valence-electron chi connectivity index (χ1n) is 6.52. The van der Waals surface area contributed by atoms with Crippen molar-refractivity contribution in [1.29, 1.82) is 5.26 Å². The first kappa shape index (κ1) is 12.6. The molecule has 0 saturated heterocycles. The van der Waals surface area contributed by atoms with E-state index in [4.69, 9.17) is 5.26 Å². The summed E-state index contributed by atoms with van der Waals surface area (Å²) in [5.74, 6) is 0.558. The van der Waals surface area contributed by atoms with E-state index in [0.717, 1.165) is 12.8 Å². The molecule has 0 aliphatic heterocycles. The molecule has 1 amide bonds. The van der Waals surface area contributed by atoms with Crippen LogP contribution in [0.25, 0.3) is 0 Å². The maximum absolute atomic E-state index is 12.1. The standard InChI is InChI=1S/C15H18N2O/c1-11(12-6-2-3-7-12)15(18)17-14-9-5-4-8-13(14)10-16/h4-5,8-9,11-12H,2-3,6-7H2,1H3,(H,17,18). The molecule has 3 heteroatoms. The van der Waals surface area contributed by atoms with E-state index >= 15 is 0 Å². The van der Waals surface area contributed by atoms with E-state index in [1.807, 2.05) is 13.0 Å². The molecule has 18 heavy (non-hydrogen) atoms. The maximum atomic E-state index is 12.1. The van der Waals surface area contributed by atoms with Crippen LogP contribution < -0.4 is 5.32 Å². The van der Waals surface area contributed by atoms with Crippen LogP contribution in [0.3, 0.4) is 0 Å². The lowest BCUT2D eigenvalue weighted by Gasteiger charge is -2.18. The lowest BCUT2D eigenvalue weighted by molar-refractivity contribution is -0.120. The number of nitriles is 1. The minimum absolute atomic E-state index is 0.0271. The molecule has 1 aromatic carbocycles. The predicted octanol–water partition coefficient (Wildman–Crippen LogP) is 3.32. The Morgan fingerprint density at radius 3 is 2.72 bits per heavy atom. The topological polar surface area (TPSA) is 52.9 Å². The second-order valence-electron chi connectivity index (χ2n) is 4.98. The molecule has 1 atom stereocenters. The molecule has 0 aromatic heterocycles. The second kappa shape index (κ2) is 5.68. The molecule has 1 aliphatic rings. The van der Waals surface area contributed by atoms with Crippen LogP contribution >= 0.6 is 0 Å². The number of hydrogen-bond acceptors (Lipinski definition) is 2. The Morgan fingerprint density at radius 1 is 1.39 bits per heavy atom. The van der Waals surface area contributed by atoms with Crippen LogP contribution in [-0.2, 0) is 4.79 Å². The highest BCUT2D eigenvalue weighted by atomic mass is 16.1. The summed E-state index contributed by atoms with van der Waals surface area (Å²) in [4.78, 5) is 12.1. The summed E-state index contributed by atoms with van der Waals surface area (Å²) in [6, 6.07) is 9.22. The van der Waals surface area contributed by atoms with Gasteiger partial charge in [-0.3, -0.25) is 4.79 Å².